The molecule has 2 aromatic rings. The molecule has 0 saturated heterocycles. The summed E-state index contributed by atoms with van der Waals surface area (Å²) in [7, 11) is 0. The number of anilines is 2. The van der Waals surface area contributed by atoms with Crippen LogP contribution in [0.15, 0.2) is 23.0 Å². The van der Waals surface area contributed by atoms with E-state index in [0.717, 1.165) is 42.0 Å². The number of aryl methyl sites for hydroxylation is 1. The number of H-pyrrole nitrogens is 1. The molecule has 0 fully saturated rings. The van der Waals surface area contributed by atoms with Gasteiger partial charge in [-0.1, -0.05) is 0 Å². The van der Waals surface area contributed by atoms with Crippen LogP contribution in [0.3, 0.4) is 0 Å². The highest BCUT2D eigenvalue weighted by Gasteiger charge is 2.17. The number of aromatic nitrogens is 2. The van der Waals surface area contributed by atoms with Gasteiger partial charge in [-0.3, -0.25) is 9.78 Å². The van der Waals surface area contributed by atoms with E-state index < -0.39 is 0 Å². The molecule has 0 spiro atoms. The standard InChI is InChI=1S/C15H15N3O3/c19-14-10-2-1-3-11(10)17-15(18-14)16-9-4-5-12-13(8-9)21-7-6-20-12/h4-5,8H,1-3,6-7H2,(H2,16,17,18,19). The number of fused-ring (bicyclic) bond motifs is 2. The molecule has 21 heavy (non-hydrogen) atoms. The molecule has 1 aliphatic heterocycles. The van der Waals surface area contributed by atoms with Gasteiger partial charge in [0, 0.05) is 17.3 Å². The van der Waals surface area contributed by atoms with Gasteiger partial charge in [0.15, 0.2) is 11.5 Å². The second-order valence-electron chi connectivity index (χ2n) is 5.18. The highest BCUT2D eigenvalue weighted by Crippen LogP contribution is 2.33. The van der Waals surface area contributed by atoms with Crippen molar-refractivity contribution in [3.63, 3.8) is 0 Å². The predicted octanol–water partition coefficient (Wildman–Crippen LogP) is 1.77. The Balaban J connectivity index is 1.64. The highest BCUT2D eigenvalue weighted by atomic mass is 16.6. The zero-order valence-corrected chi connectivity index (χ0v) is 11.4. The summed E-state index contributed by atoms with van der Waals surface area (Å²) in [6.45, 7) is 1.11. The zero-order chi connectivity index (χ0) is 14.2. The van der Waals surface area contributed by atoms with Gasteiger partial charge in [0.25, 0.3) is 5.56 Å². The van der Waals surface area contributed by atoms with Gasteiger partial charge in [0.2, 0.25) is 5.95 Å². The van der Waals surface area contributed by atoms with E-state index in [9.17, 15) is 4.79 Å². The van der Waals surface area contributed by atoms with E-state index in [-0.39, 0.29) is 5.56 Å². The maximum Gasteiger partial charge on any atom is 0.255 e. The van der Waals surface area contributed by atoms with Crippen LogP contribution in [0.25, 0.3) is 0 Å². The maximum atomic E-state index is 12.0. The van der Waals surface area contributed by atoms with Crippen LogP contribution < -0.4 is 20.3 Å². The first-order valence-corrected chi connectivity index (χ1v) is 7.08. The summed E-state index contributed by atoms with van der Waals surface area (Å²) in [5, 5.41) is 3.12. The van der Waals surface area contributed by atoms with Gasteiger partial charge >= 0.3 is 0 Å². The molecule has 6 heteroatoms. The van der Waals surface area contributed by atoms with E-state index in [1.54, 1.807) is 0 Å². The lowest BCUT2D eigenvalue weighted by Crippen LogP contribution is -2.17. The molecule has 0 unspecified atom stereocenters. The lowest BCUT2D eigenvalue weighted by Gasteiger charge is -2.19. The molecule has 6 nitrogen and oxygen atoms in total. The Hall–Kier alpha value is -2.50. The molecule has 0 atom stereocenters. The second-order valence-corrected chi connectivity index (χ2v) is 5.18. The third kappa shape index (κ3) is 2.22. The van der Waals surface area contributed by atoms with Gasteiger partial charge < -0.3 is 14.8 Å². The van der Waals surface area contributed by atoms with E-state index in [0.29, 0.717) is 24.9 Å². The molecule has 0 bridgehead atoms. The molecule has 1 aromatic heterocycles. The summed E-state index contributed by atoms with van der Waals surface area (Å²) in [6.07, 6.45) is 2.69. The molecule has 0 saturated carbocycles. The third-order valence-corrected chi connectivity index (χ3v) is 3.75. The molecular formula is C15H15N3O3. The fraction of sp³-hybridized carbons (Fsp3) is 0.333. The Morgan fingerprint density at radius 1 is 1.14 bits per heavy atom. The van der Waals surface area contributed by atoms with Gasteiger partial charge in [-0.25, -0.2) is 4.98 Å². The minimum atomic E-state index is -0.0439. The topological polar surface area (TPSA) is 76.2 Å². The van der Waals surface area contributed by atoms with Crippen molar-refractivity contribution in [3.05, 3.63) is 39.8 Å². The fourth-order valence-corrected chi connectivity index (χ4v) is 2.76. The quantitative estimate of drug-likeness (QED) is 0.879. The molecule has 2 N–H and O–H groups in total. The van der Waals surface area contributed by atoms with Crippen LogP contribution in [0, 0.1) is 0 Å². The molecular weight excluding hydrogens is 270 g/mol. The van der Waals surface area contributed by atoms with E-state index >= 15 is 0 Å². The Labute approximate surface area is 121 Å². The first-order chi connectivity index (χ1) is 10.3. The van der Waals surface area contributed by atoms with Crippen LogP contribution in [-0.2, 0) is 12.8 Å². The Morgan fingerprint density at radius 2 is 2.00 bits per heavy atom. The van der Waals surface area contributed by atoms with Crippen molar-refractivity contribution in [3.8, 4) is 11.5 Å². The molecule has 1 aliphatic carbocycles. The van der Waals surface area contributed by atoms with Gasteiger partial charge in [-0.2, -0.15) is 0 Å². The van der Waals surface area contributed by atoms with E-state index in [2.05, 4.69) is 15.3 Å². The number of rotatable bonds is 2. The molecule has 0 radical (unpaired) electrons. The van der Waals surface area contributed by atoms with Crippen molar-refractivity contribution in [2.24, 2.45) is 0 Å². The van der Waals surface area contributed by atoms with Crippen molar-refractivity contribution in [2.75, 3.05) is 18.5 Å². The summed E-state index contributed by atoms with van der Waals surface area (Å²) in [4.78, 5) is 19.2. The molecule has 1 aromatic carbocycles. The summed E-state index contributed by atoms with van der Waals surface area (Å²) in [5.74, 6) is 1.91. The smallest absolute Gasteiger partial charge is 0.255 e. The van der Waals surface area contributed by atoms with Crippen molar-refractivity contribution in [1.29, 1.82) is 0 Å². The predicted molar refractivity (Wildman–Crippen MR) is 77.6 cm³/mol. The largest absolute Gasteiger partial charge is 0.486 e. The average Bonchev–Trinajstić information content (AvgIpc) is 2.96. The first kappa shape index (κ1) is 12.3. The molecule has 2 aliphatic rings. The summed E-state index contributed by atoms with van der Waals surface area (Å²) in [6, 6.07) is 5.57. The van der Waals surface area contributed by atoms with Crippen LogP contribution in [-0.4, -0.2) is 23.2 Å². The first-order valence-electron chi connectivity index (χ1n) is 7.08. The van der Waals surface area contributed by atoms with Crippen LogP contribution in [0.2, 0.25) is 0 Å². The minimum Gasteiger partial charge on any atom is -0.486 e. The number of nitrogens with one attached hydrogen (secondary N) is 2. The van der Waals surface area contributed by atoms with Gasteiger partial charge in [-0.15, -0.1) is 0 Å². The Bertz CT molecular complexity index is 754. The normalized spacial score (nSPS) is 15.6. The number of hydrogen-bond acceptors (Lipinski definition) is 5. The lowest BCUT2D eigenvalue weighted by molar-refractivity contribution is 0.171. The fourth-order valence-electron chi connectivity index (χ4n) is 2.76. The van der Waals surface area contributed by atoms with E-state index in [4.69, 9.17) is 9.47 Å². The molecule has 2 heterocycles. The van der Waals surface area contributed by atoms with Crippen LogP contribution in [0.4, 0.5) is 11.6 Å². The van der Waals surface area contributed by atoms with E-state index in [1.807, 2.05) is 18.2 Å². The Morgan fingerprint density at radius 3 is 2.90 bits per heavy atom. The highest BCUT2D eigenvalue weighted by molar-refractivity contribution is 5.60. The van der Waals surface area contributed by atoms with Gasteiger partial charge in [-0.05, 0) is 31.4 Å². The van der Waals surface area contributed by atoms with Crippen LogP contribution >= 0.6 is 0 Å². The number of hydrogen-bond donors (Lipinski definition) is 2. The van der Waals surface area contributed by atoms with Gasteiger partial charge in [0.1, 0.15) is 13.2 Å². The number of nitrogens with zero attached hydrogens (tertiary/aromatic N) is 1. The molecule has 108 valence electrons. The van der Waals surface area contributed by atoms with Crippen molar-refractivity contribution < 1.29 is 9.47 Å². The minimum absolute atomic E-state index is 0.0439. The van der Waals surface area contributed by atoms with E-state index in [1.165, 1.54) is 0 Å². The van der Waals surface area contributed by atoms with Gasteiger partial charge in [0.05, 0.1) is 5.69 Å². The molecule has 0 amide bonds. The zero-order valence-electron chi connectivity index (χ0n) is 11.4. The maximum absolute atomic E-state index is 12.0. The van der Waals surface area contributed by atoms with Crippen molar-refractivity contribution in [1.82, 2.24) is 9.97 Å². The SMILES string of the molecule is O=c1[nH]c(Nc2ccc3c(c2)OCCO3)nc2c1CCC2. The van der Waals surface area contributed by atoms with Crippen LogP contribution in [0.5, 0.6) is 11.5 Å². The number of benzene rings is 1. The van der Waals surface area contributed by atoms with Crippen molar-refractivity contribution in [2.45, 2.75) is 19.3 Å². The average molecular weight is 285 g/mol. The van der Waals surface area contributed by atoms with Crippen molar-refractivity contribution >= 4 is 11.6 Å². The lowest BCUT2D eigenvalue weighted by atomic mass is 10.2. The summed E-state index contributed by atoms with van der Waals surface area (Å²) in [5.41, 5.74) is 2.49. The Kier molecular flexibility index (Phi) is 2.80. The summed E-state index contributed by atoms with van der Waals surface area (Å²) >= 11 is 0. The van der Waals surface area contributed by atoms with Crippen LogP contribution in [0.1, 0.15) is 17.7 Å². The monoisotopic (exact) mass is 285 g/mol. The second kappa shape index (κ2) is 4.80. The number of ether oxygens (including phenoxy) is 2. The third-order valence-electron chi connectivity index (χ3n) is 3.75. The summed E-state index contributed by atoms with van der Waals surface area (Å²) < 4.78 is 11.0. The molecule has 4 rings (SSSR count). The number of aromatic amines is 1.